The van der Waals surface area contributed by atoms with Gasteiger partial charge in [0, 0.05) is 18.3 Å². The molecule has 0 unspecified atom stereocenters. The number of aliphatic hydroxyl groups excluding tert-OH is 1. The number of carbonyl (C=O) groups is 2. The van der Waals surface area contributed by atoms with Crippen LogP contribution in [0.4, 0.5) is 5.69 Å². The van der Waals surface area contributed by atoms with Crippen molar-refractivity contribution >= 4 is 29.5 Å². The lowest BCUT2D eigenvalue weighted by Crippen LogP contribution is -2.34. The van der Waals surface area contributed by atoms with Crippen LogP contribution in [0.25, 0.3) is 12.2 Å². The highest BCUT2D eigenvalue weighted by Gasteiger charge is 2.20. The molecule has 5 nitrogen and oxygen atoms in total. The summed E-state index contributed by atoms with van der Waals surface area (Å²) in [6.45, 7) is 0.182. The fourth-order valence-corrected chi connectivity index (χ4v) is 2.89. The molecular weight excluding hydrogens is 328 g/mol. The number of pyridine rings is 1. The van der Waals surface area contributed by atoms with E-state index in [1.54, 1.807) is 35.3 Å². The van der Waals surface area contributed by atoms with Crippen LogP contribution in [0.3, 0.4) is 0 Å². The van der Waals surface area contributed by atoms with Gasteiger partial charge in [-0.1, -0.05) is 24.3 Å². The zero-order valence-electron chi connectivity index (χ0n) is 14.3. The van der Waals surface area contributed by atoms with Crippen molar-refractivity contribution in [1.29, 1.82) is 0 Å². The van der Waals surface area contributed by atoms with Gasteiger partial charge < -0.3 is 10.0 Å². The van der Waals surface area contributed by atoms with Gasteiger partial charge in [-0.05, 0) is 54.8 Å². The Bertz CT molecular complexity index is 871. The van der Waals surface area contributed by atoms with Crippen LogP contribution in [-0.4, -0.2) is 34.9 Å². The average Bonchev–Trinajstić information content (AvgIpc) is 2.70. The molecule has 26 heavy (non-hydrogen) atoms. The average molecular weight is 348 g/mol. The minimum Gasteiger partial charge on any atom is -0.388 e. The van der Waals surface area contributed by atoms with Gasteiger partial charge in [0.15, 0.2) is 5.78 Å². The predicted octanol–water partition coefficient (Wildman–Crippen LogP) is 2.65. The minimum atomic E-state index is -0.526. The quantitative estimate of drug-likeness (QED) is 0.844. The number of carbonyl (C=O) groups excluding carboxylic acids is 2. The number of benzene rings is 1. The van der Waals surface area contributed by atoms with E-state index in [0.29, 0.717) is 17.9 Å². The van der Waals surface area contributed by atoms with Crippen molar-refractivity contribution in [2.24, 2.45) is 0 Å². The molecule has 0 saturated heterocycles. The highest BCUT2D eigenvalue weighted by molar-refractivity contribution is 6.04. The Morgan fingerprint density at radius 3 is 2.54 bits per heavy atom. The third kappa shape index (κ3) is 4.32. The third-order valence-corrected chi connectivity index (χ3v) is 4.16. The fraction of sp³-hybridized carbons (Fsp3) is 0.190. The van der Waals surface area contributed by atoms with Crippen molar-refractivity contribution in [2.75, 3.05) is 18.1 Å². The lowest BCUT2D eigenvalue weighted by atomic mass is 10.0. The number of rotatable bonds is 5. The fourth-order valence-electron chi connectivity index (χ4n) is 2.89. The molecule has 0 aliphatic carbocycles. The lowest BCUT2D eigenvalue weighted by molar-refractivity contribution is -0.117. The molecule has 0 atom stereocenters. The Balaban J connectivity index is 1.73. The van der Waals surface area contributed by atoms with Gasteiger partial charge in [0.2, 0.25) is 0 Å². The first-order valence-corrected chi connectivity index (χ1v) is 8.53. The smallest absolute Gasteiger partial charge is 0.251 e. The molecule has 0 saturated carbocycles. The molecule has 3 rings (SSSR count). The van der Waals surface area contributed by atoms with Crippen LogP contribution in [0.2, 0.25) is 0 Å². The predicted molar refractivity (Wildman–Crippen MR) is 102 cm³/mol. The van der Waals surface area contributed by atoms with E-state index in [1.165, 1.54) is 17.7 Å². The number of ketones is 1. The molecule has 1 aliphatic rings. The first kappa shape index (κ1) is 17.8. The summed E-state index contributed by atoms with van der Waals surface area (Å²) in [7, 11) is 0. The molecule has 1 amide bonds. The largest absolute Gasteiger partial charge is 0.388 e. The molecular formula is C21H20N2O3. The maximum atomic E-state index is 12.6. The van der Waals surface area contributed by atoms with E-state index in [9.17, 15) is 9.59 Å². The summed E-state index contributed by atoms with van der Waals surface area (Å²) in [6.07, 6.45) is 7.96. The maximum Gasteiger partial charge on any atom is 0.251 e. The Morgan fingerprint density at radius 1 is 1.04 bits per heavy atom. The number of fused-ring (bicyclic) bond motifs is 1. The number of hydrogen-bond acceptors (Lipinski definition) is 4. The van der Waals surface area contributed by atoms with Gasteiger partial charge in [-0.2, -0.15) is 0 Å². The van der Waals surface area contributed by atoms with Crippen molar-refractivity contribution in [3.05, 3.63) is 71.6 Å². The van der Waals surface area contributed by atoms with E-state index in [2.05, 4.69) is 11.1 Å². The summed E-state index contributed by atoms with van der Waals surface area (Å²) in [5.74, 6) is -0.456. The van der Waals surface area contributed by atoms with E-state index in [1.807, 2.05) is 18.2 Å². The number of hydrogen-bond donors (Lipinski definition) is 1. The molecule has 1 N–H and O–H groups in total. The van der Waals surface area contributed by atoms with Gasteiger partial charge in [0.25, 0.3) is 5.91 Å². The molecule has 0 fully saturated rings. The number of amides is 1. The summed E-state index contributed by atoms with van der Waals surface area (Å²) in [4.78, 5) is 29.9. The first-order valence-electron chi connectivity index (χ1n) is 8.53. The van der Waals surface area contributed by atoms with E-state index in [4.69, 9.17) is 5.11 Å². The van der Waals surface area contributed by atoms with Crippen LogP contribution < -0.4 is 4.90 Å². The lowest BCUT2D eigenvalue weighted by Gasteiger charge is -2.28. The Morgan fingerprint density at radius 2 is 1.77 bits per heavy atom. The number of para-hydroxylation sites is 1. The molecule has 1 aliphatic heterocycles. The van der Waals surface area contributed by atoms with E-state index < -0.39 is 6.61 Å². The molecule has 2 aromatic rings. The van der Waals surface area contributed by atoms with Crippen molar-refractivity contribution < 1.29 is 14.7 Å². The van der Waals surface area contributed by atoms with Gasteiger partial charge in [-0.15, -0.1) is 0 Å². The number of aryl methyl sites for hydroxylation is 1. The summed E-state index contributed by atoms with van der Waals surface area (Å²) < 4.78 is 0. The van der Waals surface area contributed by atoms with Crippen LogP contribution in [0, 0.1) is 0 Å². The van der Waals surface area contributed by atoms with Gasteiger partial charge >= 0.3 is 0 Å². The molecule has 0 radical (unpaired) electrons. The Labute approximate surface area is 152 Å². The standard InChI is InChI=1S/C21H20N2O3/c24-15-19(25)12-10-17-7-3-8-18(22-17)11-13-21(26)23-14-4-6-16-5-1-2-9-20(16)23/h1-3,5,7-13,24H,4,6,14-15H2/b12-10+,13-11+. The normalized spacial score (nSPS) is 14.0. The molecule has 5 heteroatoms. The van der Waals surface area contributed by atoms with Crippen molar-refractivity contribution in [3.63, 3.8) is 0 Å². The highest BCUT2D eigenvalue weighted by Crippen LogP contribution is 2.26. The molecule has 1 aromatic heterocycles. The van der Waals surface area contributed by atoms with Crippen LogP contribution in [0.1, 0.15) is 23.4 Å². The monoisotopic (exact) mass is 348 g/mol. The van der Waals surface area contributed by atoms with Crippen molar-refractivity contribution in [2.45, 2.75) is 12.8 Å². The zero-order chi connectivity index (χ0) is 18.4. The molecule has 2 heterocycles. The van der Waals surface area contributed by atoms with Gasteiger partial charge in [-0.25, -0.2) is 4.98 Å². The third-order valence-electron chi connectivity index (χ3n) is 4.16. The second kappa shape index (κ2) is 8.36. The first-order chi connectivity index (χ1) is 12.7. The van der Waals surface area contributed by atoms with Gasteiger partial charge in [0.1, 0.15) is 6.61 Å². The molecule has 132 valence electrons. The van der Waals surface area contributed by atoms with Crippen molar-refractivity contribution in [3.8, 4) is 0 Å². The van der Waals surface area contributed by atoms with E-state index in [0.717, 1.165) is 18.5 Å². The minimum absolute atomic E-state index is 0.0737. The number of aromatic nitrogens is 1. The van der Waals surface area contributed by atoms with Crippen LogP contribution >= 0.6 is 0 Å². The van der Waals surface area contributed by atoms with Gasteiger partial charge in [0.05, 0.1) is 11.4 Å². The van der Waals surface area contributed by atoms with E-state index in [-0.39, 0.29) is 11.7 Å². The Kier molecular flexibility index (Phi) is 5.71. The summed E-state index contributed by atoms with van der Waals surface area (Å²) in [5.41, 5.74) is 3.38. The summed E-state index contributed by atoms with van der Waals surface area (Å²) in [5, 5.41) is 8.73. The van der Waals surface area contributed by atoms with Crippen LogP contribution in [0.15, 0.2) is 54.6 Å². The maximum absolute atomic E-state index is 12.6. The van der Waals surface area contributed by atoms with Crippen LogP contribution in [0.5, 0.6) is 0 Å². The Hall–Kier alpha value is -3.05. The van der Waals surface area contributed by atoms with Crippen LogP contribution in [-0.2, 0) is 16.0 Å². The molecule has 0 bridgehead atoms. The number of aliphatic hydroxyl groups is 1. The highest BCUT2D eigenvalue weighted by atomic mass is 16.3. The van der Waals surface area contributed by atoms with Crippen molar-refractivity contribution in [1.82, 2.24) is 4.98 Å². The van der Waals surface area contributed by atoms with Gasteiger partial charge in [-0.3, -0.25) is 9.59 Å². The zero-order valence-corrected chi connectivity index (χ0v) is 14.3. The summed E-state index contributed by atoms with van der Waals surface area (Å²) in [6, 6.07) is 13.3. The number of nitrogens with zero attached hydrogens (tertiary/aromatic N) is 2. The SMILES string of the molecule is O=C(/C=C/c1cccc(/C=C/C(=O)N2CCCc3ccccc32)n1)CO. The molecule has 0 spiro atoms. The summed E-state index contributed by atoms with van der Waals surface area (Å²) >= 11 is 0. The second-order valence-electron chi connectivity index (χ2n) is 6.00. The molecule has 1 aromatic carbocycles. The number of anilines is 1. The topological polar surface area (TPSA) is 70.5 Å². The second-order valence-corrected chi connectivity index (χ2v) is 6.00. The van der Waals surface area contributed by atoms with E-state index >= 15 is 0 Å².